The Morgan fingerprint density at radius 3 is 2.10 bits per heavy atom. The van der Waals surface area contributed by atoms with E-state index in [1.165, 1.54) is 25.9 Å². The number of hydrogen-bond donors (Lipinski definition) is 2. The molecule has 0 radical (unpaired) electrons. The molecule has 0 amide bonds. The van der Waals surface area contributed by atoms with Gasteiger partial charge in [-0.3, -0.25) is 0 Å². The fraction of sp³-hybridized carbons (Fsp3) is 1.00. The molecule has 1 rings (SSSR count). The SMILES string of the molecule is CC.NCC1CCNCC1. The fourth-order valence-electron chi connectivity index (χ4n) is 1.12. The highest BCUT2D eigenvalue weighted by Gasteiger charge is 2.09. The summed E-state index contributed by atoms with van der Waals surface area (Å²) in [6.45, 7) is 7.21. The van der Waals surface area contributed by atoms with Gasteiger partial charge in [0.15, 0.2) is 0 Å². The molecule has 0 aliphatic carbocycles. The number of piperidine rings is 1. The highest BCUT2D eigenvalue weighted by atomic mass is 14.9. The summed E-state index contributed by atoms with van der Waals surface area (Å²) in [5, 5.41) is 3.29. The molecule has 0 saturated carbocycles. The van der Waals surface area contributed by atoms with Crippen LogP contribution in [0.15, 0.2) is 0 Å². The number of hydrogen-bond acceptors (Lipinski definition) is 2. The summed E-state index contributed by atoms with van der Waals surface area (Å²) >= 11 is 0. The average Bonchev–Trinajstić information content (AvgIpc) is 2.10. The molecule has 2 nitrogen and oxygen atoms in total. The number of nitrogens with one attached hydrogen (secondary N) is 1. The Labute approximate surface area is 64.2 Å². The Balaban J connectivity index is 0.000000371. The topological polar surface area (TPSA) is 38.0 Å². The van der Waals surface area contributed by atoms with Gasteiger partial charge in [0.05, 0.1) is 0 Å². The fourth-order valence-corrected chi connectivity index (χ4v) is 1.12. The Hall–Kier alpha value is -0.0800. The second kappa shape index (κ2) is 7.03. The molecule has 2 heteroatoms. The van der Waals surface area contributed by atoms with Crippen LogP contribution in [0, 0.1) is 5.92 Å². The minimum atomic E-state index is 0.802. The second-order valence-electron chi connectivity index (χ2n) is 2.43. The average molecular weight is 144 g/mol. The summed E-state index contributed by atoms with van der Waals surface area (Å²) in [5.74, 6) is 0.802. The monoisotopic (exact) mass is 144 g/mol. The van der Waals surface area contributed by atoms with Crippen molar-refractivity contribution in [2.24, 2.45) is 11.7 Å². The summed E-state index contributed by atoms with van der Waals surface area (Å²) in [7, 11) is 0. The third-order valence-electron chi connectivity index (χ3n) is 1.79. The highest BCUT2D eigenvalue weighted by molar-refractivity contribution is 4.67. The minimum Gasteiger partial charge on any atom is -0.330 e. The van der Waals surface area contributed by atoms with Crippen molar-refractivity contribution in [3.05, 3.63) is 0 Å². The van der Waals surface area contributed by atoms with E-state index in [0.29, 0.717) is 0 Å². The van der Waals surface area contributed by atoms with Gasteiger partial charge in [0, 0.05) is 0 Å². The maximum atomic E-state index is 5.48. The molecule has 3 N–H and O–H groups in total. The van der Waals surface area contributed by atoms with Crippen molar-refractivity contribution in [2.75, 3.05) is 19.6 Å². The zero-order valence-electron chi connectivity index (χ0n) is 7.19. The quantitative estimate of drug-likeness (QED) is 0.575. The molecule has 10 heavy (non-hydrogen) atoms. The Kier molecular flexibility index (Phi) is 6.98. The lowest BCUT2D eigenvalue weighted by Gasteiger charge is -2.20. The van der Waals surface area contributed by atoms with Gasteiger partial charge in [-0.1, -0.05) is 13.8 Å². The smallest absolute Gasteiger partial charge is 0.00458 e. The van der Waals surface area contributed by atoms with Crippen molar-refractivity contribution in [1.82, 2.24) is 5.32 Å². The summed E-state index contributed by atoms with van der Waals surface area (Å²) in [4.78, 5) is 0. The first-order valence-electron chi connectivity index (χ1n) is 4.34. The molecular weight excluding hydrogens is 124 g/mol. The summed E-state index contributed by atoms with van der Waals surface area (Å²) < 4.78 is 0. The third kappa shape index (κ3) is 3.85. The molecule has 0 aromatic rings. The molecule has 0 aromatic heterocycles. The van der Waals surface area contributed by atoms with Crippen LogP contribution in [0.1, 0.15) is 26.7 Å². The molecule has 1 fully saturated rings. The van der Waals surface area contributed by atoms with E-state index in [1.807, 2.05) is 13.8 Å². The van der Waals surface area contributed by atoms with E-state index in [2.05, 4.69) is 5.32 Å². The minimum absolute atomic E-state index is 0.802. The van der Waals surface area contributed by atoms with Crippen LogP contribution in [0.2, 0.25) is 0 Å². The van der Waals surface area contributed by atoms with Gasteiger partial charge in [0.25, 0.3) is 0 Å². The Morgan fingerprint density at radius 2 is 1.80 bits per heavy atom. The van der Waals surface area contributed by atoms with Gasteiger partial charge in [-0.25, -0.2) is 0 Å². The van der Waals surface area contributed by atoms with Gasteiger partial charge in [-0.2, -0.15) is 0 Å². The molecule has 1 heterocycles. The lowest BCUT2D eigenvalue weighted by molar-refractivity contribution is 0.382. The molecule has 62 valence electrons. The van der Waals surface area contributed by atoms with Gasteiger partial charge in [0.2, 0.25) is 0 Å². The maximum Gasteiger partial charge on any atom is -0.00458 e. The molecule has 0 atom stereocenters. The van der Waals surface area contributed by atoms with Crippen molar-refractivity contribution in [3.8, 4) is 0 Å². The van der Waals surface area contributed by atoms with E-state index in [4.69, 9.17) is 5.73 Å². The molecular formula is C8H20N2. The maximum absolute atomic E-state index is 5.48. The number of nitrogens with two attached hydrogens (primary N) is 1. The zero-order chi connectivity index (χ0) is 7.82. The summed E-state index contributed by atoms with van der Waals surface area (Å²) in [6, 6.07) is 0. The lowest BCUT2D eigenvalue weighted by atomic mass is 9.99. The first kappa shape index (κ1) is 9.92. The Bertz CT molecular complexity index is 58.3. The van der Waals surface area contributed by atoms with Crippen LogP contribution in [0.25, 0.3) is 0 Å². The molecule has 1 aliphatic heterocycles. The van der Waals surface area contributed by atoms with Crippen LogP contribution in [-0.2, 0) is 0 Å². The van der Waals surface area contributed by atoms with E-state index >= 15 is 0 Å². The second-order valence-corrected chi connectivity index (χ2v) is 2.43. The van der Waals surface area contributed by atoms with Gasteiger partial charge in [-0.15, -0.1) is 0 Å². The van der Waals surface area contributed by atoms with Crippen molar-refractivity contribution in [1.29, 1.82) is 0 Å². The van der Waals surface area contributed by atoms with E-state index in [1.54, 1.807) is 0 Å². The van der Waals surface area contributed by atoms with E-state index in [-0.39, 0.29) is 0 Å². The predicted octanol–water partition coefficient (Wildman–Crippen LogP) is 0.971. The van der Waals surface area contributed by atoms with Crippen LogP contribution >= 0.6 is 0 Å². The molecule has 0 spiro atoms. The van der Waals surface area contributed by atoms with Crippen LogP contribution < -0.4 is 11.1 Å². The van der Waals surface area contributed by atoms with Gasteiger partial charge in [-0.05, 0) is 38.4 Å². The Morgan fingerprint density at radius 1 is 1.30 bits per heavy atom. The lowest BCUT2D eigenvalue weighted by Crippen LogP contribution is -2.31. The van der Waals surface area contributed by atoms with Gasteiger partial charge >= 0.3 is 0 Å². The van der Waals surface area contributed by atoms with E-state index < -0.39 is 0 Å². The van der Waals surface area contributed by atoms with Crippen molar-refractivity contribution < 1.29 is 0 Å². The first-order chi connectivity index (χ1) is 4.93. The molecule has 1 aliphatic rings. The van der Waals surface area contributed by atoms with Crippen LogP contribution in [-0.4, -0.2) is 19.6 Å². The first-order valence-corrected chi connectivity index (χ1v) is 4.34. The summed E-state index contributed by atoms with van der Waals surface area (Å²) in [5.41, 5.74) is 5.48. The molecule has 0 bridgehead atoms. The molecule has 0 unspecified atom stereocenters. The van der Waals surface area contributed by atoms with Gasteiger partial charge in [0.1, 0.15) is 0 Å². The van der Waals surface area contributed by atoms with Crippen LogP contribution in [0.5, 0.6) is 0 Å². The van der Waals surface area contributed by atoms with Crippen molar-refractivity contribution in [3.63, 3.8) is 0 Å². The molecule has 0 aromatic carbocycles. The van der Waals surface area contributed by atoms with Crippen molar-refractivity contribution in [2.45, 2.75) is 26.7 Å². The number of rotatable bonds is 1. The summed E-state index contributed by atoms with van der Waals surface area (Å²) in [6.07, 6.45) is 2.55. The van der Waals surface area contributed by atoms with Crippen molar-refractivity contribution >= 4 is 0 Å². The van der Waals surface area contributed by atoms with Crippen LogP contribution in [0.4, 0.5) is 0 Å². The molecule has 1 saturated heterocycles. The van der Waals surface area contributed by atoms with Crippen LogP contribution in [0.3, 0.4) is 0 Å². The highest BCUT2D eigenvalue weighted by Crippen LogP contribution is 2.07. The van der Waals surface area contributed by atoms with E-state index in [0.717, 1.165) is 12.5 Å². The standard InChI is InChI=1S/C6H14N2.C2H6/c7-5-6-1-3-8-4-2-6;1-2/h6,8H,1-5,7H2;1-2H3. The largest absolute Gasteiger partial charge is 0.330 e. The van der Waals surface area contributed by atoms with Gasteiger partial charge < -0.3 is 11.1 Å². The van der Waals surface area contributed by atoms with E-state index in [9.17, 15) is 0 Å². The zero-order valence-corrected chi connectivity index (χ0v) is 7.19. The predicted molar refractivity (Wildman–Crippen MR) is 46.0 cm³/mol. The normalized spacial score (nSPS) is 19.5. The third-order valence-corrected chi connectivity index (χ3v) is 1.79.